The lowest BCUT2D eigenvalue weighted by Crippen LogP contribution is -2.24. The number of hydrogen-bond acceptors (Lipinski definition) is 3. The van der Waals surface area contributed by atoms with E-state index in [0.29, 0.717) is 5.69 Å². The number of hydrogen-bond donors (Lipinski definition) is 2. The largest absolute Gasteiger partial charge is 0.324 e. The molecule has 138 valence electrons. The van der Waals surface area contributed by atoms with Gasteiger partial charge in [-0.2, -0.15) is 5.10 Å². The Labute approximate surface area is 158 Å². The van der Waals surface area contributed by atoms with Crippen LogP contribution in [0.5, 0.6) is 0 Å². The predicted octanol–water partition coefficient (Wildman–Crippen LogP) is 3.95. The number of rotatable bonds is 5. The molecule has 0 radical (unpaired) electrons. The topological polar surface area (TPSA) is 76.0 Å². The zero-order valence-electron chi connectivity index (χ0n) is 15.6. The molecule has 6 nitrogen and oxygen atoms in total. The zero-order valence-corrected chi connectivity index (χ0v) is 15.6. The molecule has 0 fully saturated rings. The Bertz CT molecular complexity index is 943. The molecule has 2 aromatic carbocycles. The van der Waals surface area contributed by atoms with Gasteiger partial charge in [-0.1, -0.05) is 35.4 Å². The summed E-state index contributed by atoms with van der Waals surface area (Å²) in [5.41, 5.74) is 3.92. The van der Waals surface area contributed by atoms with Gasteiger partial charge in [0.25, 0.3) is 5.91 Å². The lowest BCUT2D eigenvalue weighted by Gasteiger charge is -2.13. The minimum atomic E-state index is -0.549. The van der Waals surface area contributed by atoms with Crippen molar-refractivity contribution in [2.24, 2.45) is 0 Å². The maximum atomic E-state index is 12.4. The lowest BCUT2D eigenvalue weighted by molar-refractivity contribution is -0.119. The maximum Gasteiger partial charge on any atom is 0.276 e. The summed E-state index contributed by atoms with van der Waals surface area (Å²) in [7, 11) is 0. The van der Waals surface area contributed by atoms with Crippen LogP contribution in [0.2, 0.25) is 0 Å². The van der Waals surface area contributed by atoms with E-state index in [1.807, 2.05) is 62.4 Å². The second kappa shape index (κ2) is 7.86. The molecule has 0 unspecified atom stereocenters. The van der Waals surface area contributed by atoms with E-state index < -0.39 is 6.04 Å². The average Bonchev–Trinajstić information content (AvgIpc) is 3.15. The van der Waals surface area contributed by atoms with E-state index in [2.05, 4.69) is 15.7 Å². The number of benzene rings is 2. The van der Waals surface area contributed by atoms with E-state index in [4.69, 9.17) is 0 Å². The molecule has 27 heavy (non-hydrogen) atoms. The van der Waals surface area contributed by atoms with Crippen molar-refractivity contribution in [3.8, 4) is 0 Å². The third kappa shape index (κ3) is 4.61. The molecular weight excluding hydrogens is 340 g/mol. The quantitative estimate of drug-likeness (QED) is 0.721. The Balaban J connectivity index is 1.64. The number of aryl methyl sites for hydroxylation is 2. The highest BCUT2D eigenvalue weighted by molar-refractivity contribution is 6.02. The third-order valence-corrected chi connectivity index (χ3v) is 4.25. The summed E-state index contributed by atoms with van der Waals surface area (Å²) >= 11 is 0. The zero-order chi connectivity index (χ0) is 19.4. The van der Waals surface area contributed by atoms with Gasteiger partial charge in [-0.05, 0) is 51.1 Å². The summed E-state index contributed by atoms with van der Waals surface area (Å²) in [6, 6.07) is 16.1. The number of aromatic nitrogens is 2. The van der Waals surface area contributed by atoms with Gasteiger partial charge in [0.2, 0.25) is 5.91 Å². The highest BCUT2D eigenvalue weighted by atomic mass is 16.2. The summed E-state index contributed by atoms with van der Waals surface area (Å²) in [4.78, 5) is 24.8. The average molecular weight is 362 g/mol. The highest BCUT2D eigenvalue weighted by Gasteiger charge is 2.18. The first-order chi connectivity index (χ1) is 12.9. The van der Waals surface area contributed by atoms with Gasteiger partial charge < -0.3 is 10.6 Å². The molecule has 1 atom stereocenters. The van der Waals surface area contributed by atoms with Crippen molar-refractivity contribution in [1.29, 1.82) is 0 Å². The number of amides is 2. The van der Waals surface area contributed by atoms with Gasteiger partial charge in [0.15, 0.2) is 5.69 Å². The van der Waals surface area contributed by atoms with Crippen LogP contribution in [-0.4, -0.2) is 21.6 Å². The number of carbonyl (C=O) groups is 2. The first-order valence-corrected chi connectivity index (χ1v) is 8.73. The predicted molar refractivity (Wildman–Crippen MR) is 106 cm³/mol. The molecule has 0 aliphatic rings. The third-order valence-electron chi connectivity index (χ3n) is 4.25. The molecule has 0 bridgehead atoms. The molecular formula is C21H22N4O2. The monoisotopic (exact) mass is 362 g/mol. The number of carbonyl (C=O) groups excluding carboxylic acids is 2. The maximum absolute atomic E-state index is 12.4. The van der Waals surface area contributed by atoms with Gasteiger partial charge in [-0.15, -0.1) is 0 Å². The van der Waals surface area contributed by atoms with Crippen molar-refractivity contribution >= 4 is 23.2 Å². The van der Waals surface area contributed by atoms with Crippen LogP contribution >= 0.6 is 0 Å². The molecule has 2 N–H and O–H groups in total. The minimum Gasteiger partial charge on any atom is -0.324 e. The van der Waals surface area contributed by atoms with Gasteiger partial charge in [0, 0.05) is 17.6 Å². The SMILES string of the molecule is Cc1ccc(NC(=O)c2ccn([C@H](C)C(=O)Nc3ccc(C)cc3)n2)cc1. The number of nitrogens with zero attached hydrogens (tertiary/aromatic N) is 2. The van der Waals surface area contributed by atoms with Gasteiger partial charge in [0.05, 0.1) is 0 Å². The normalized spacial score (nSPS) is 11.7. The van der Waals surface area contributed by atoms with Crippen LogP contribution < -0.4 is 10.6 Å². The second-order valence-electron chi connectivity index (χ2n) is 6.53. The first kappa shape index (κ1) is 18.4. The smallest absolute Gasteiger partial charge is 0.276 e. The first-order valence-electron chi connectivity index (χ1n) is 8.73. The Kier molecular flexibility index (Phi) is 5.35. The van der Waals surface area contributed by atoms with Crippen molar-refractivity contribution in [3.63, 3.8) is 0 Å². The molecule has 0 saturated carbocycles. The van der Waals surface area contributed by atoms with E-state index in [-0.39, 0.29) is 17.5 Å². The standard InChI is InChI=1S/C21H22N4O2/c1-14-4-8-17(9-5-14)22-20(26)16(3)25-13-12-19(24-25)21(27)23-18-10-6-15(2)7-11-18/h4-13,16H,1-3H3,(H,22,26)(H,23,27)/t16-/m1/s1. The van der Waals surface area contributed by atoms with Crippen LogP contribution in [0.1, 0.15) is 34.6 Å². The Morgan fingerprint density at radius 2 is 1.37 bits per heavy atom. The van der Waals surface area contributed by atoms with Gasteiger partial charge in [-0.25, -0.2) is 0 Å². The second-order valence-corrected chi connectivity index (χ2v) is 6.53. The summed E-state index contributed by atoms with van der Waals surface area (Å²) in [6.45, 7) is 5.70. The van der Waals surface area contributed by atoms with Crippen LogP contribution in [-0.2, 0) is 4.79 Å². The molecule has 0 saturated heterocycles. The van der Waals surface area contributed by atoms with E-state index in [1.54, 1.807) is 19.2 Å². The molecule has 1 heterocycles. The molecule has 2 amide bonds. The fourth-order valence-corrected chi connectivity index (χ4v) is 2.51. The molecule has 3 aromatic rings. The van der Waals surface area contributed by atoms with Crippen molar-refractivity contribution in [2.75, 3.05) is 10.6 Å². The lowest BCUT2D eigenvalue weighted by atomic mass is 10.2. The van der Waals surface area contributed by atoms with Gasteiger partial charge in [-0.3, -0.25) is 14.3 Å². The molecule has 0 aliphatic carbocycles. The van der Waals surface area contributed by atoms with Crippen molar-refractivity contribution < 1.29 is 9.59 Å². The van der Waals surface area contributed by atoms with E-state index in [0.717, 1.165) is 16.8 Å². The van der Waals surface area contributed by atoms with Crippen molar-refractivity contribution in [3.05, 3.63) is 77.6 Å². The van der Waals surface area contributed by atoms with Crippen LogP contribution in [0, 0.1) is 13.8 Å². The minimum absolute atomic E-state index is 0.201. The molecule has 0 spiro atoms. The molecule has 3 rings (SSSR count). The highest BCUT2D eigenvalue weighted by Crippen LogP contribution is 2.14. The van der Waals surface area contributed by atoms with Crippen LogP contribution in [0.3, 0.4) is 0 Å². The van der Waals surface area contributed by atoms with Crippen LogP contribution in [0.15, 0.2) is 60.8 Å². The fraction of sp³-hybridized carbons (Fsp3) is 0.190. The van der Waals surface area contributed by atoms with Crippen LogP contribution in [0.4, 0.5) is 11.4 Å². The Hall–Kier alpha value is -3.41. The molecule has 1 aromatic heterocycles. The Morgan fingerprint density at radius 1 is 0.852 bits per heavy atom. The summed E-state index contributed by atoms with van der Waals surface area (Å²) in [5, 5.41) is 9.89. The summed E-state index contributed by atoms with van der Waals surface area (Å²) in [6.07, 6.45) is 1.63. The van der Waals surface area contributed by atoms with Gasteiger partial charge >= 0.3 is 0 Å². The van der Waals surface area contributed by atoms with Gasteiger partial charge in [0.1, 0.15) is 6.04 Å². The summed E-state index contributed by atoms with van der Waals surface area (Å²) < 4.78 is 1.48. The Morgan fingerprint density at radius 3 is 1.93 bits per heavy atom. The van der Waals surface area contributed by atoms with E-state index >= 15 is 0 Å². The van der Waals surface area contributed by atoms with E-state index in [1.165, 1.54) is 4.68 Å². The van der Waals surface area contributed by atoms with Crippen molar-refractivity contribution in [2.45, 2.75) is 26.8 Å². The molecule has 6 heteroatoms. The summed E-state index contributed by atoms with van der Waals surface area (Å²) in [5.74, 6) is -0.517. The van der Waals surface area contributed by atoms with E-state index in [9.17, 15) is 9.59 Å². The van der Waals surface area contributed by atoms with Crippen molar-refractivity contribution in [1.82, 2.24) is 9.78 Å². The van der Waals surface area contributed by atoms with Crippen LogP contribution in [0.25, 0.3) is 0 Å². The number of nitrogens with one attached hydrogen (secondary N) is 2. The number of anilines is 2. The molecule has 0 aliphatic heterocycles. The fourth-order valence-electron chi connectivity index (χ4n) is 2.51.